The molecule has 0 spiro atoms. The average molecular weight is 383 g/mol. The molecule has 0 aliphatic carbocycles. The number of carbonyl (C=O) groups is 1. The van der Waals surface area contributed by atoms with Crippen molar-refractivity contribution in [2.24, 2.45) is 0 Å². The topological polar surface area (TPSA) is 67.6 Å². The molecule has 27 heavy (non-hydrogen) atoms. The number of aryl methyl sites for hydroxylation is 2. The quantitative estimate of drug-likeness (QED) is 0.684. The zero-order chi connectivity index (χ0) is 19.3. The van der Waals surface area contributed by atoms with Crippen LogP contribution >= 0.6 is 0 Å². The average Bonchev–Trinajstić information content (AvgIpc) is 3.18. The Balaban J connectivity index is 1.89. The van der Waals surface area contributed by atoms with Crippen molar-refractivity contribution in [3.63, 3.8) is 0 Å². The van der Waals surface area contributed by atoms with E-state index in [-0.39, 0.29) is 17.1 Å². The van der Waals surface area contributed by atoms with Crippen LogP contribution in [0.15, 0.2) is 45.7 Å². The monoisotopic (exact) mass is 383 g/mol. The van der Waals surface area contributed by atoms with Crippen LogP contribution < -0.4 is 4.31 Å². The lowest BCUT2D eigenvalue weighted by atomic mass is 9.96. The van der Waals surface area contributed by atoms with Crippen LogP contribution in [0.3, 0.4) is 0 Å². The van der Waals surface area contributed by atoms with Crippen molar-refractivity contribution in [2.75, 3.05) is 10.8 Å². The Labute approximate surface area is 158 Å². The molecule has 2 aromatic carbocycles. The van der Waals surface area contributed by atoms with Crippen molar-refractivity contribution in [1.82, 2.24) is 0 Å². The standard InChI is InChI=1S/C21H21NO4S/c1-13-4-6-16(7-5-13)27(24,25)22-9-8-17-18(10-14(2)23)19-11-15(3)26-21(19)12-20(17)22/h4-7,11-12H,8-10H2,1-3H3. The number of ketones is 1. The number of rotatable bonds is 4. The molecule has 0 unspecified atom stereocenters. The SMILES string of the molecule is CC(=O)Cc1c2c(cc3oc(C)cc13)N(S(=O)(=O)c1ccc(C)cc1)CC2. The van der Waals surface area contributed by atoms with Crippen LogP contribution in [-0.2, 0) is 27.7 Å². The Bertz CT molecular complexity index is 1160. The van der Waals surface area contributed by atoms with Crippen LogP contribution in [0.4, 0.5) is 5.69 Å². The summed E-state index contributed by atoms with van der Waals surface area (Å²) < 4.78 is 33.6. The predicted molar refractivity (Wildman–Crippen MR) is 105 cm³/mol. The van der Waals surface area contributed by atoms with E-state index in [1.165, 1.54) is 4.31 Å². The van der Waals surface area contributed by atoms with Gasteiger partial charge < -0.3 is 4.42 Å². The molecule has 0 amide bonds. The number of Topliss-reactive ketones (excluding diaryl/α,β-unsaturated/α-hetero) is 1. The van der Waals surface area contributed by atoms with Gasteiger partial charge in [0.1, 0.15) is 17.1 Å². The highest BCUT2D eigenvalue weighted by atomic mass is 32.2. The highest BCUT2D eigenvalue weighted by molar-refractivity contribution is 7.92. The maximum absolute atomic E-state index is 13.2. The summed E-state index contributed by atoms with van der Waals surface area (Å²) in [5, 5.41) is 0.899. The van der Waals surface area contributed by atoms with Crippen LogP contribution in [0.1, 0.15) is 29.4 Å². The number of nitrogens with zero attached hydrogens (tertiary/aromatic N) is 1. The van der Waals surface area contributed by atoms with Crippen LogP contribution in [-0.4, -0.2) is 20.7 Å². The summed E-state index contributed by atoms with van der Waals surface area (Å²) in [5.41, 5.74) is 4.05. The highest BCUT2D eigenvalue weighted by Crippen LogP contribution is 2.40. The van der Waals surface area contributed by atoms with Gasteiger partial charge in [0.2, 0.25) is 0 Å². The second-order valence-corrected chi connectivity index (χ2v) is 9.00. The van der Waals surface area contributed by atoms with E-state index in [1.807, 2.05) is 19.9 Å². The zero-order valence-corrected chi connectivity index (χ0v) is 16.4. The lowest BCUT2D eigenvalue weighted by Crippen LogP contribution is -2.29. The third-order valence-corrected chi connectivity index (χ3v) is 6.85. The summed E-state index contributed by atoms with van der Waals surface area (Å²) in [6.45, 7) is 5.69. The summed E-state index contributed by atoms with van der Waals surface area (Å²) in [6.07, 6.45) is 0.861. The molecule has 1 aliphatic heterocycles. The number of furan rings is 1. The van der Waals surface area contributed by atoms with Crippen molar-refractivity contribution in [3.05, 3.63) is 58.8 Å². The van der Waals surface area contributed by atoms with Gasteiger partial charge >= 0.3 is 0 Å². The van der Waals surface area contributed by atoms with E-state index >= 15 is 0 Å². The van der Waals surface area contributed by atoms with E-state index in [4.69, 9.17) is 4.42 Å². The summed E-state index contributed by atoms with van der Waals surface area (Å²) in [5.74, 6) is 0.787. The van der Waals surface area contributed by atoms with Crippen molar-refractivity contribution >= 4 is 32.5 Å². The van der Waals surface area contributed by atoms with Crippen LogP contribution in [0.5, 0.6) is 0 Å². The molecular formula is C21H21NO4S. The largest absolute Gasteiger partial charge is 0.461 e. The summed E-state index contributed by atoms with van der Waals surface area (Å²) in [7, 11) is -3.67. The van der Waals surface area contributed by atoms with Gasteiger partial charge in [-0.3, -0.25) is 9.10 Å². The second kappa shape index (κ2) is 6.23. The molecule has 1 aromatic heterocycles. The molecular weight excluding hydrogens is 362 g/mol. The Morgan fingerprint density at radius 3 is 2.52 bits per heavy atom. The molecule has 3 aromatic rings. The summed E-state index contributed by atoms with van der Waals surface area (Å²) in [4.78, 5) is 12.1. The van der Waals surface area contributed by atoms with Gasteiger partial charge in [-0.2, -0.15) is 0 Å². The molecule has 0 radical (unpaired) electrons. The minimum atomic E-state index is -3.67. The van der Waals surface area contributed by atoms with Gasteiger partial charge in [-0.15, -0.1) is 0 Å². The molecule has 6 heteroatoms. The van der Waals surface area contributed by atoms with Crippen LogP contribution in [0.25, 0.3) is 11.0 Å². The first-order valence-corrected chi connectivity index (χ1v) is 10.3. The van der Waals surface area contributed by atoms with Gasteiger partial charge in [0.25, 0.3) is 10.0 Å². The van der Waals surface area contributed by atoms with E-state index in [0.29, 0.717) is 24.2 Å². The van der Waals surface area contributed by atoms with E-state index in [1.54, 1.807) is 37.3 Å². The number of benzene rings is 2. The first-order valence-electron chi connectivity index (χ1n) is 8.91. The second-order valence-electron chi connectivity index (χ2n) is 7.14. The summed E-state index contributed by atoms with van der Waals surface area (Å²) >= 11 is 0. The van der Waals surface area contributed by atoms with Gasteiger partial charge in [-0.1, -0.05) is 17.7 Å². The lowest BCUT2D eigenvalue weighted by molar-refractivity contribution is -0.116. The smallest absolute Gasteiger partial charge is 0.264 e. The van der Waals surface area contributed by atoms with Gasteiger partial charge in [0.05, 0.1) is 10.6 Å². The lowest BCUT2D eigenvalue weighted by Gasteiger charge is -2.20. The van der Waals surface area contributed by atoms with Gasteiger partial charge in [0.15, 0.2) is 0 Å². The zero-order valence-electron chi connectivity index (χ0n) is 15.6. The first kappa shape index (κ1) is 17.8. The van der Waals surface area contributed by atoms with Crippen molar-refractivity contribution in [1.29, 1.82) is 0 Å². The molecule has 2 heterocycles. The Morgan fingerprint density at radius 1 is 1.15 bits per heavy atom. The fraction of sp³-hybridized carbons (Fsp3) is 0.286. The number of carbonyl (C=O) groups excluding carboxylic acids is 1. The fourth-order valence-corrected chi connectivity index (χ4v) is 5.27. The highest BCUT2D eigenvalue weighted by Gasteiger charge is 2.33. The van der Waals surface area contributed by atoms with Crippen molar-refractivity contribution in [3.8, 4) is 0 Å². The molecule has 0 N–H and O–H groups in total. The number of anilines is 1. The maximum Gasteiger partial charge on any atom is 0.264 e. The van der Waals surface area contributed by atoms with Crippen molar-refractivity contribution in [2.45, 2.75) is 38.5 Å². The van der Waals surface area contributed by atoms with E-state index in [2.05, 4.69) is 0 Å². The molecule has 140 valence electrons. The van der Waals surface area contributed by atoms with E-state index in [9.17, 15) is 13.2 Å². The number of hydrogen-bond donors (Lipinski definition) is 0. The van der Waals surface area contributed by atoms with Gasteiger partial charge in [-0.05, 0) is 56.5 Å². The number of fused-ring (bicyclic) bond motifs is 2. The third-order valence-electron chi connectivity index (χ3n) is 5.02. The van der Waals surface area contributed by atoms with Gasteiger partial charge in [-0.25, -0.2) is 8.42 Å². The molecule has 4 rings (SSSR count). The Kier molecular flexibility index (Phi) is 4.11. The summed E-state index contributed by atoms with van der Waals surface area (Å²) in [6, 6.07) is 10.6. The Morgan fingerprint density at radius 2 is 1.85 bits per heavy atom. The van der Waals surface area contributed by atoms with Gasteiger partial charge in [0, 0.05) is 24.4 Å². The predicted octanol–water partition coefficient (Wildman–Crippen LogP) is 3.93. The number of sulfonamides is 1. The minimum absolute atomic E-state index is 0.0448. The van der Waals surface area contributed by atoms with Crippen molar-refractivity contribution < 1.29 is 17.6 Å². The molecule has 0 fully saturated rings. The minimum Gasteiger partial charge on any atom is -0.461 e. The van der Waals surface area contributed by atoms with Crippen LogP contribution in [0.2, 0.25) is 0 Å². The first-order chi connectivity index (χ1) is 12.8. The normalized spacial score (nSPS) is 14.0. The Hall–Kier alpha value is -2.60. The maximum atomic E-state index is 13.2. The number of hydrogen-bond acceptors (Lipinski definition) is 4. The third kappa shape index (κ3) is 2.94. The van der Waals surface area contributed by atoms with Crippen LogP contribution in [0, 0.1) is 13.8 Å². The molecule has 0 saturated carbocycles. The molecule has 1 aliphatic rings. The van der Waals surface area contributed by atoms with E-state index in [0.717, 1.165) is 27.8 Å². The molecule has 0 atom stereocenters. The molecule has 0 saturated heterocycles. The fourth-order valence-electron chi connectivity index (χ4n) is 3.78. The molecule has 5 nitrogen and oxygen atoms in total. The molecule has 0 bridgehead atoms. The van der Waals surface area contributed by atoms with E-state index < -0.39 is 10.0 Å².